The zero-order valence-corrected chi connectivity index (χ0v) is 8.27. The van der Waals surface area contributed by atoms with Gasteiger partial charge in [-0.2, -0.15) is 0 Å². The summed E-state index contributed by atoms with van der Waals surface area (Å²) < 4.78 is 0. The standard InChI is InChI=1S/C8H20Si/c1-4-6-7-8-9(3)5-2/h9H,4-8H2,1-3H3. The van der Waals surface area contributed by atoms with Crippen molar-refractivity contribution < 1.29 is 0 Å². The summed E-state index contributed by atoms with van der Waals surface area (Å²) in [7, 11) is -0.213. The fraction of sp³-hybridized carbons (Fsp3) is 1.00. The van der Waals surface area contributed by atoms with Crippen LogP contribution in [0.4, 0.5) is 0 Å². The molecule has 0 aliphatic rings. The molecule has 0 aromatic heterocycles. The highest BCUT2D eigenvalue weighted by Gasteiger charge is 1.97. The molecular weight excluding hydrogens is 124 g/mol. The lowest BCUT2D eigenvalue weighted by Gasteiger charge is -2.03. The molecule has 0 aromatic rings. The second-order valence-corrected chi connectivity index (χ2v) is 6.61. The molecule has 0 saturated heterocycles. The molecule has 0 nitrogen and oxygen atoms in total. The first-order valence-corrected chi connectivity index (χ1v) is 7.10. The van der Waals surface area contributed by atoms with Crippen molar-refractivity contribution in [3.63, 3.8) is 0 Å². The van der Waals surface area contributed by atoms with Crippen LogP contribution in [0, 0.1) is 0 Å². The van der Waals surface area contributed by atoms with E-state index in [0.717, 1.165) is 0 Å². The second kappa shape index (κ2) is 6.34. The molecule has 0 heterocycles. The molecule has 0 fully saturated rings. The van der Waals surface area contributed by atoms with E-state index in [0.29, 0.717) is 0 Å². The Labute approximate surface area is 61.3 Å². The first-order chi connectivity index (χ1) is 4.31. The molecule has 0 saturated carbocycles. The van der Waals surface area contributed by atoms with E-state index in [-0.39, 0.29) is 8.80 Å². The molecule has 0 aromatic carbocycles. The highest BCUT2D eigenvalue weighted by atomic mass is 28.3. The first kappa shape index (κ1) is 9.22. The van der Waals surface area contributed by atoms with Gasteiger partial charge in [-0.05, 0) is 0 Å². The Bertz CT molecular complexity index is 52.5. The van der Waals surface area contributed by atoms with Crippen molar-refractivity contribution >= 4 is 8.80 Å². The molecule has 0 rings (SSSR count). The van der Waals surface area contributed by atoms with Crippen LogP contribution < -0.4 is 0 Å². The largest absolute Gasteiger partial charge is 0.0720 e. The SMILES string of the molecule is CCCCC[SiH](C)CC. The minimum atomic E-state index is -0.213. The van der Waals surface area contributed by atoms with Crippen molar-refractivity contribution in [3.05, 3.63) is 0 Å². The topological polar surface area (TPSA) is 0 Å². The maximum atomic E-state index is 2.48. The smallest absolute Gasteiger partial charge is 0.0334 e. The number of hydrogen-bond donors (Lipinski definition) is 0. The summed E-state index contributed by atoms with van der Waals surface area (Å²) in [6, 6.07) is 3.06. The summed E-state index contributed by atoms with van der Waals surface area (Å²) in [4.78, 5) is 0. The van der Waals surface area contributed by atoms with Crippen molar-refractivity contribution in [2.75, 3.05) is 0 Å². The average Bonchev–Trinajstić information content (AvgIpc) is 1.89. The fourth-order valence-corrected chi connectivity index (χ4v) is 2.34. The van der Waals surface area contributed by atoms with Gasteiger partial charge in [0, 0.05) is 8.80 Å². The lowest BCUT2D eigenvalue weighted by molar-refractivity contribution is 0.765. The zero-order chi connectivity index (χ0) is 7.11. The van der Waals surface area contributed by atoms with Crippen LogP contribution in [-0.2, 0) is 0 Å². The average molecular weight is 144 g/mol. The van der Waals surface area contributed by atoms with Crippen LogP contribution in [0.15, 0.2) is 0 Å². The third-order valence-corrected chi connectivity index (χ3v) is 4.79. The molecule has 1 atom stereocenters. The Kier molecular flexibility index (Phi) is 6.49. The van der Waals surface area contributed by atoms with Crippen LogP contribution in [0.3, 0.4) is 0 Å². The van der Waals surface area contributed by atoms with Gasteiger partial charge in [0.15, 0.2) is 0 Å². The molecule has 9 heavy (non-hydrogen) atoms. The maximum absolute atomic E-state index is 2.48. The van der Waals surface area contributed by atoms with Gasteiger partial charge < -0.3 is 0 Å². The van der Waals surface area contributed by atoms with E-state index in [2.05, 4.69) is 20.4 Å². The van der Waals surface area contributed by atoms with Gasteiger partial charge >= 0.3 is 0 Å². The van der Waals surface area contributed by atoms with Crippen LogP contribution in [-0.4, -0.2) is 8.80 Å². The summed E-state index contributed by atoms with van der Waals surface area (Å²) >= 11 is 0. The molecule has 56 valence electrons. The van der Waals surface area contributed by atoms with Crippen molar-refractivity contribution in [3.8, 4) is 0 Å². The highest BCUT2D eigenvalue weighted by molar-refractivity contribution is 6.57. The molecule has 0 aliphatic heterocycles. The third kappa shape index (κ3) is 6.10. The van der Waals surface area contributed by atoms with Gasteiger partial charge in [0.05, 0.1) is 0 Å². The van der Waals surface area contributed by atoms with E-state index < -0.39 is 0 Å². The lowest BCUT2D eigenvalue weighted by atomic mass is 10.3. The molecule has 0 amide bonds. The Morgan fingerprint density at radius 1 is 1.11 bits per heavy atom. The zero-order valence-electron chi connectivity index (χ0n) is 7.11. The fourth-order valence-electron chi connectivity index (χ4n) is 0.947. The maximum Gasteiger partial charge on any atom is 0.0334 e. The summed E-state index contributed by atoms with van der Waals surface area (Å²) in [5.74, 6) is 0. The van der Waals surface area contributed by atoms with E-state index in [1.165, 1.54) is 25.3 Å². The number of hydrogen-bond acceptors (Lipinski definition) is 0. The molecule has 0 bridgehead atoms. The Morgan fingerprint density at radius 3 is 2.22 bits per heavy atom. The number of unbranched alkanes of at least 4 members (excludes halogenated alkanes) is 2. The van der Waals surface area contributed by atoms with E-state index in [1.807, 2.05) is 0 Å². The minimum absolute atomic E-state index is 0.213. The molecule has 0 radical (unpaired) electrons. The second-order valence-electron chi connectivity index (χ2n) is 3.01. The lowest BCUT2D eigenvalue weighted by Crippen LogP contribution is -2.02. The highest BCUT2D eigenvalue weighted by Crippen LogP contribution is 2.05. The minimum Gasteiger partial charge on any atom is -0.0720 e. The summed E-state index contributed by atoms with van der Waals surface area (Å²) in [5.41, 5.74) is 0. The van der Waals surface area contributed by atoms with Crippen molar-refractivity contribution in [1.82, 2.24) is 0 Å². The quantitative estimate of drug-likeness (QED) is 0.411. The summed E-state index contributed by atoms with van der Waals surface area (Å²) in [6.45, 7) is 7.09. The summed E-state index contributed by atoms with van der Waals surface area (Å²) in [6.07, 6.45) is 4.33. The monoisotopic (exact) mass is 144 g/mol. The van der Waals surface area contributed by atoms with Gasteiger partial charge in [-0.1, -0.05) is 51.7 Å². The Balaban J connectivity index is 2.88. The van der Waals surface area contributed by atoms with Crippen molar-refractivity contribution in [2.24, 2.45) is 0 Å². The van der Waals surface area contributed by atoms with Crippen LogP contribution in [0.1, 0.15) is 33.1 Å². The van der Waals surface area contributed by atoms with Crippen LogP contribution >= 0.6 is 0 Å². The van der Waals surface area contributed by atoms with Gasteiger partial charge in [-0.3, -0.25) is 0 Å². The Hall–Kier alpha value is 0.217. The van der Waals surface area contributed by atoms with Gasteiger partial charge in [0.2, 0.25) is 0 Å². The van der Waals surface area contributed by atoms with E-state index in [1.54, 1.807) is 6.04 Å². The van der Waals surface area contributed by atoms with Gasteiger partial charge in [0.1, 0.15) is 0 Å². The van der Waals surface area contributed by atoms with Crippen molar-refractivity contribution in [1.29, 1.82) is 0 Å². The molecule has 0 aliphatic carbocycles. The Morgan fingerprint density at radius 2 is 1.78 bits per heavy atom. The molecule has 0 spiro atoms. The van der Waals surface area contributed by atoms with Crippen molar-refractivity contribution in [2.45, 2.75) is 51.7 Å². The van der Waals surface area contributed by atoms with Gasteiger partial charge in [-0.15, -0.1) is 0 Å². The normalized spacial score (nSPS) is 13.7. The summed E-state index contributed by atoms with van der Waals surface area (Å²) in [5, 5.41) is 0. The van der Waals surface area contributed by atoms with Crippen LogP contribution in [0.25, 0.3) is 0 Å². The van der Waals surface area contributed by atoms with Crippen LogP contribution in [0.5, 0.6) is 0 Å². The molecule has 0 N–H and O–H groups in total. The molecule has 1 unspecified atom stereocenters. The van der Waals surface area contributed by atoms with Crippen LogP contribution in [0.2, 0.25) is 18.6 Å². The third-order valence-electron chi connectivity index (χ3n) is 2.00. The van der Waals surface area contributed by atoms with Gasteiger partial charge in [-0.25, -0.2) is 0 Å². The predicted molar refractivity (Wildman–Crippen MR) is 47.8 cm³/mol. The molecule has 1 heteroatoms. The molecular formula is C8H20Si. The predicted octanol–water partition coefficient (Wildman–Crippen LogP) is 3.05. The van der Waals surface area contributed by atoms with E-state index in [9.17, 15) is 0 Å². The van der Waals surface area contributed by atoms with Gasteiger partial charge in [0.25, 0.3) is 0 Å². The van der Waals surface area contributed by atoms with E-state index >= 15 is 0 Å². The number of rotatable bonds is 5. The first-order valence-electron chi connectivity index (χ1n) is 4.31. The van der Waals surface area contributed by atoms with E-state index in [4.69, 9.17) is 0 Å².